The van der Waals surface area contributed by atoms with Crippen molar-refractivity contribution in [2.24, 2.45) is 0 Å². The van der Waals surface area contributed by atoms with Crippen molar-refractivity contribution in [3.63, 3.8) is 0 Å². The van der Waals surface area contributed by atoms with E-state index in [2.05, 4.69) is 15.2 Å². The van der Waals surface area contributed by atoms with Crippen LogP contribution in [0.25, 0.3) is 0 Å². The van der Waals surface area contributed by atoms with Gasteiger partial charge in [-0.2, -0.15) is 13.9 Å². The number of alkyl halides is 2. The van der Waals surface area contributed by atoms with E-state index >= 15 is 0 Å². The van der Waals surface area contributed by atoms with Gasteiger partial charge in [-0.1, -0.05) is 0 Å². The molecule has 2 aromatic rings. The van der Waals surface area contributed by atoms with Crippen molar-refractivity contribution >= 4 is 11.4 Å². The van der Waals surface area contributed by atoms with E-state index in [0.717, 1.165) is 29.6 Å². The Morgan fingerprint density at radius 2 is 2.12 bits per heavy atom. The molecule has 0 atom stereocenters. The Hall–Kier alpha value is -2.71. The largest absolute Gasteiger partial charge is 0.427 e. The average molecular weight is 340 g/mol. The van der Waals surface area contributed by atoms with Crippen LogP contribution in [0.3, 0.4) is 0 Å². The van der Waals surface area contributed by atoms with E-state index in [4.69, 9.17) is 0 Å². The molecule has 24 heavy (non-hydrogen) atoms. The van der Waals surface area contributed by atoms with Gasteiger partial charge in [-0.3, -0.25) is 14.8 Å². The SMILES string of the molecule is CCn1nc(C)c(CNc2ccc([N+](=O)[O-])c(OC(F)F)c2)c1C. The van der Waals surface area contributed by atoms with E-state index < -0.39 is 23.0 Å². The first-order valence-electron chi connectivity index (χ1n) is 7.33. The van der Waals surface area contributed by atoms with Crippen molar-refractivity contribution in [2.75, 3.05) is 5.32 Å². The Bertz CT molecular complexity index is 747. The topological polar surface area (TPSA) is 82.2 Å². The number of nitrogens with zero attached hydrogens (tertiary/aromatic N) is 3. The number of anilines is 1. The summed E-state index contributed by atoms with van der Waals surface area (Å²) in [6.07, 6.45) is 0. The van der Waals surface area contributed by atoms with Gasteiger partial charge in [0.05, 0.1) is 10.6 Å². The minimum Gasteiger partial charge on any atom is -0.427 e. The summed E-state index contributed by atoms with van der Waals surface area (Å²) in [4.78, 5) is 10.1. The van der Waals surface area contributed by atoms with Crippen molar-refractivity contribution in [3.05, 3.63) is 45.3 Å². The highest BCUT2D eigenvalue weighted by molar-refractivity contribution is 5.58. The first-order valence-corrected chi connectivity index (χ1v) is 7.33. The maximum absolute atomic E-state index is 12.4. The second kappa shape index (κ2) is 7.24. The minimum atomic E-state index is -3.13. The maximum atomic E-state index is 12.4. The van der Waals surface area contributed by atoms with Crippen molar-refractivity contribution in [3.8, 4) is 5.75 Å². The molecule has 0 fully saturated rings. The Balaban J connectivity index is 2.21. The van der Waals surface area contributed by atoms with Crippen LogP contribution in [0.5, 0.6) is 5.75 Å². The van der Waals surface area contributed by atoms with E-state index in [0.29, 0.717) is 12.2 Å². The minimum absolute atomic E-state index is 0.420. The number of halogens is 2. The van der Waals surface area contributed by atoms with Gasteiger partial charge in [0, 0.05) is 42.2 Å². The molecule has 7 nitrogen and oxygen atoms in total. The summed E-state index contributed by atoms with van der Waals surface area (Å²) in [5, 5.41) is 18.3. The fraction of sp³-hybridized carbons (Fsp3) is 0.400. The summed E-state index contributed by atoms with van der Waals surface area (Å²) in [5.74, 6) is -0.474. The number of hydrogen-bond donors (Lipinski definition) is 1. The second-order valence-electron chi connectivity index (χ2n) is 5.14. The van der Waals surface area contributed by atoms with Gasteiger partial charge in [0.15, 0.2) is 0 Å². The van der Waals surface area contributed by atoms with Crippen molar-refractivity contribution in [1.29, 1.82) is 0 Å². The highest BCUT2D eigenvalue weighted by Crippen LogP contribution is 2.31. The van der Waals surface area contributed by atoms with Crippen LogP contribution in [0, 0.1) is 24.0 Å². The Morgan fingerprint density at radius 1 is 1.42 bits per heavy atom. The van der Waals surface area contributed by atoms with Crippen LogP contribution in [0.15, 0.2) is 18.2 Å². The third-order valence-corrected chi connectivity index (χ3v) is 3.67. The number of rotatable bonds is 7. The molecule has 0 bridgehead atoms. The Morgan fingerprint density at radius 3 is 2.67 bits per heavy atom. The molecule has 0 aliphatic heterocycles. The number of aromatic nitrogens is 2. The number of nitro benzene ring substituents is 1. The van der Waals surface area contributed by atoms with Gasteiger partial charge in [-0.05, 0) is 26.8 Å². The van der Waals surface area contributed by atoms with Gasteiger partial charge in [0.1, 0.15) is 0 Å². The van der Waals surface area contributed by atoms with Gasteiger partial charge < -0.3 is 10.1 Å². The molecule has 0 unspecified atom stereocenters. The molecule has 0 saturated heterocycles. The number of ether oxygens (including phenoxy) is 1. The smallest absolute Gasteiger partial charge is 0.387 e. The number of benzene rings is 1. The van der Waals surface area contributed by atoms with Gasteiger partial charge in [-0.15, -0.1) is 0 Å². The maximum Gasteiger partial charge on any atom is 0.387 e. The zero-order valence-electron chi connectivity index (χ0n) is 13.5. The first kappa shape index (κ1) is 17.6. The van der Waals surface area contributed by atoms with E-state index in [9.17, 15) is 18.9 Å². The predicted octanol–water partition coefficient (Wildman–Crippen LogP) is 3.64. The molecule has 2 rings (SSSR count). The Kier molecular flexibility index (Phi) is 5.32. The highest BCUT2D eigenvalue weighted by atomic mass is 19.3. The molecule has 130 valence electrons. The van der Waals surface area contributed by atoms with Crippen LogP contribution in [-0.4, -0.2) is 21.3 Å². The standard InChI is InChI=1S/C15H18F2N4O3/c1-4-20-10(3)12(9(2)19-20)8-18-11-5-6-13(21(22)23)14(7-11)24-15(16)17/h5-7,15,18H,4,8H2,1-3H3. The molecular formula is C15H18F2N4O3. The fourth-order valence-corrected chi connectivity index (χ4v) is 2.45. The molecule has 9 heteroatoms. The molecule has 0 radical (unpaired) electrons. The molecule has 1 N–H and O–H groups in total. The quantitative estimate of drug-likeness (QED) is 0.614. The fourth-order valence-electron chi connectivity index (χ4n) is 2.45. The van der Waals surface area contributed by atoms with Crippen LogP contribution in [0.2, 0.25) is 0 Å². The van der Waals surface area contributed by atoms with E-state index in [1.807, 2.05) is 25.5 Å². The number of nitro groups is 1. The van der Waals surface area contributed by atoms with Crippen LogP contribution in [0.1, 0.15) is 23.9 Å². The summed E-state index contributed by atoms with van der Waals surface area (Å²) < 4.78 is 30.9. The number of hydrogen-bond acceptors (Lipinski definition) is 5. The van der Waals surface area contributed by atoms with E-state index in [1.165, 1.54) is 12.1 Å². The van der Waals surface area contributed by atoms with Crippen LogP contribution < -0.4 is 10.1 Å². The Labute approximate surface area is 137 Å². The van der Waals surface area contributed by atoms with Gasteiger partial charge in [0.2, 0.25) is 5.75 Å². The van der Waals surface area contributed by atoms with E-state index in [1.54, 1.807) is 0 Å². The lowest BCUT2D eigenvalue weighted by Gasteiger charge is -2.10. The lowest BCUT2D eigenvalue weighted by molar-refractivity contribution is -0.386. The third-order valence-electron chi connectivity index (χ3n) is 3.67. The molecular weight excluding hydrogens is 322 g/mol. The summed E-state index contributed by atoms with van der Waals surface area (Å²) in [6, 6.07) is 3.78. The van der Waals surface area contributed by atoms with Gasteiger partial charge in [0.25, 0.3) is 0 Å². The van der Waals surface area contributed by atoms with Crippen LogP contribution in [-0.2, 0) is 13.1 Å². The summed E-state index contributed by atoms with van der Waals surface area (Å²) >= 11 is 0. The van der Waals surface area contributed by atoms with Crippen molar-refractivity contribution in [1.82, 2.24) is 9.78 Å². The lowest BCUT2D eigenvalue weighted by atomic mass is 10.2. The molecule has 0 aliphatic carbocycles. The monoisotopic (exact) mass is 340 g/mol. The lowest BCUT2D eigenvalue weighted by Crippen LogP contribution is -2.06. The molecule has 0 saturated carbocycles. The number of aryl methyl sites for hydroxylation is 2. The molecule has 0 amide bonds. The predicted molar refractivity (Wildman–Crippen MR) is 84.4 cm³/mol. The van der Waals surface area contributed by atoms with Crippen LogP contribution in [0.4, 0.5) is 20.2 Å². The number of nitrogens with one attached hydrogen (secondary N) is 1. The van der Waals surface area contributed by atoms with Gasteiger partial charge in [-0.25, -0.2) is 0 Å². The van der Waals surface area contributed by atoms with Gasteiger partial charge >= 0.3 is 12.3 Å². The molecule has 0 spiro atoms. The van der Waals surface area contributed by atoms with Crippen LogP contribution >= 0.6 is 0 Å². The molecule has 0 aliphatic rings. The highest BCUT2D eigenvalue weighted by Gasteiger charge is 2.19. The second-order valence-corrected chi connectivity index (χ2v) is 5.14. The first-order chi connectivity index (χ1) is 11.3. The zero-order valence-corrected chi connectivity index (χ0v) is 13.5. The molecule has 1 aromatic heterocycles. The van der Waals surface area contributed by atoms with E-state index in [-0.39, 0.29) is 0 Å². The third kappa shape index (κ3) is 3.79. The zero-order chi connectivity index (χ0) is 17.9. The van der Waals surface area contributed by atoms with Crippen molar-refractivity contribution in [2.45, 2.75) is 40.5 Å². The normalized spacial score (nSPS) is 10.9. The average Bonchev–Trinajstić information content (AvgIpc) is 2.78. The summed E-state index contributed by atoms with van der Waals surface area (Å²) in [6.45, 7) is 3.85. The summed E-state index contributed by atoms with van der Waals surface area (Å²) in [5.41, 5.74) is 2.80. The van der Waals surface area contributed by atoms with Crippen molar-refractivity contribution < 1.29 is 18.4 Å². The molecule has 1 heterocycles. The summed E-state index contributed by atoms with van der Waals surface area (Å²) in [7, 11) is 0. The molecule has 1 aromatic carbocycles.